The van der Waals surface area contributed by atoms with Crippen LogP contribution in [-0.4, -0.2) is 12.1 Å². The monoisotopic (exact) mass is 368 g/mol. The van der Waals surface area contributed by atoms with Crippen LogP contribution in [0.2, 0.25) is 0 Å². The highest BCUT2D eigenvalue weighted by molar-refractivity contribution is 14.1. The SMILES string of the molecule is O=C(NN=Cc1cccc(F)c1)c1ccccc1I. The molecule has 0 aliphatic heterocycles. The fourth-order valence-corrected chi connectivity index (χ4v) is 2.09. The van der Waals surface area contributed by atoms with E-state index in [0.29, 0.717) is 11.1 Å². The number of nitrogens with zero attached hydrogens (tertiary/aromatic N) is 1. The third-order valence-electron chi connectivity index (χ3n) is 2.35. The number of hydrazone groups is 1. The van der Waals surface area contributed by atoms with Crippen molar-refractivity contribution in [3.8, 4) is 0 Å². The van der Waals surface area contributed by atoms with E-state index in [1.807, 2.05) is 12.1 Å². The lowest BCUT2D eigenvalue weighted by Crippen LogP contribution is -2.18. The van der Waals surface area contributed by atoms with Crippen LogP contribution < -0.4 is 5.43 Å². The summed E-state index contributed by atoms with van der Waals surface area (Å²) in [6, 6.07) is 13.2. The molecule has 1 amide bonds. The summed E-state index contributed by atoms with van der Waals surface area (Å²) in [5, 5.41) is 3.81. The average molecular weight is 368 g/mol. The van der Waals surface area contributed by atoms with E-state index < -0.39 is 0 Å². The minimum atomic E-state index is -0.340. The zero-order chi connectivity index (χ0) is 13.7. The van der Waals surface area contributed by atoms with Crippen LogP contribution in [0.5, 0.6) is 0 Å². The van der Waals surface area contributed by atoms with E-state index in [0.717, 1.165) is 3.57 Å². The molecular weight excluding hydrogens is 358 g/mol. The van der Waals surface area contributed by atoms with Crippen molar-refractivity contribution >= 4 is 34.7 Å². The quantitative estimate of drug-likeness (QED) is 0.505. The number of nitrogens with one attached hydrogen (secondary N) is 1. The molecule has 0 aliphatic rings. The van der Waals surface area contributed by atoms with Crippen molar-refractivity contribution in [2.24, 2.45) is 5.10 Å². The van der Waals surface area contributed by atoms with E-state index in [2.05, 4.69) is 33.1 Å². The van der Waals surface area contributed by atoms with Gasteiger partial charge in [-0.2, -0.15) is 5.10 Å². The predicted molar refractivity (Wildman–Crippen MR) is 80.6 cm³/mol. The number of benzene rings is 2. The van der Waals surface area contributed by atoms with Crippen molar-refractivity contribution in [3.63, 3.8) is 0 Å². The lowest BCUT2D eigenvalue weighted by molar-refractivity contribution is 0.0954. The molecule has 3 nitrogen and oxygen atoms in total. The number of hydrogen-bond acceptors (Lipinski definition) is 2. The first-order valence-corrected chi connectivity index (χ1v) is 6.58. The molecule has 96 valence electrons. The van der Waals surface area contributed by atoms with Crippen LogP contribution in [0.1, 0.15) is 15.9 Å². The van der Waals surface area contributed by atoms with Gasteiger partial charge in [0, 0.05) is 3.57 Å². The maximum absolute atomic E-state index is 12.9. The lowest BCUT2D eigenvalue weighted by Gasteiger charge is -2.01. The minimum absolute atomic E-state index is 0.294. The molecule has 0 saturated carbocycles. The third kappa shape index (κ3) is 3.85. The molecule has 0 unspecified atom stereocenters. The first-order chi connectivity index (χ1) is 9.16. The number of amides is 1. The molecular formula is C14H10FIN2O. The zero-order valence-electron chi connectivity index (χ0n) is 9.81. The van der Waals surface area contributed by atoms with E-state index >= 15 is 0 Å². The number of carbonyl (C=O) groups is 1. The molecule has 0 radical (unpaired) electrons. The second-order valence-corrected chi connectivity index (χ2v) is 4.90. The molecule has 19 heavy (non-hydrogen) atoms. The van der Waals surface area contributed by atoms with Crippen molar-refractivity contribution in [3.05, 3.63) is 69.0 Å². The summed E-state index contributed by atoms with van der Waals surface area (Å²) >= 11 is 2.08. The standard InChI is InChI=1S/C14H10FIN2O/c15-11-5-3-4-10(8-11)9-17-18-14(19)12-6-1-2-7-13(12)16/h1-9H,(H,18,19). The fraction of sp³-hybridized carbons (Fsp3) is 0. The van der Waals surface area contributed by atoms with Crippen LogP contribution in [0, 0.1) is 9.39 Å². The molecule has 0 atom stereocenters. The minimum Gasteiger partial charge on any atom is -0.267 e. The van der Waals surface area contributed by atoms with Gasteiger partial charge in [0.15, 0.2) is 0 Å². The molecule has 2 aromatic carbocycles. The number of hydrogen-bond donors (Lipinski definition) is 1. The van der Waals surface area contributed by atoms with Crippen molar-refractivity contribution < 1.29 is 9.18 Å². The van der Waals surface area contributed by atoms with Gasteiger partial charge in [-0.15, -0.1) is 0 Å². The Morgan fingerprint density at radius 2 is 2.00 bits per heavy atom. The summed E-state index contributed by atoms with van der Waals surface area (Å²) in [7, 11) is 0. The van der Waals surface area contributed by atoms with Gasteiger partial charge in [-0.1, -0.05) is 24.3 Å². The van der Waals surface area contributed by atoms with Gasteiger partial charge >= 0.3 is 0 Å². The lowest BCUT2D eigenvalue weighted by atomic mass is 10.2. The van der Waals surface area contributed by atoms with Crippen molar-refractivity contribution in [1.82, 2.24) is 5.43 Å². The molecule has 2 aromatic rings. The second kappa shape index (κ2) is 6.42. The first-order valence-electron chi connectivity index (χ1n) is 5.50. The summed E-state index contributed by atoms with van der Waals surface area (Å²) in [5.41, 5.74) is 3.55. The van der Waals surface area contributed by atoms with Gasteiger partial charge in [0.25, 0.3) is 5.91 Å². The Labute approximate surface area is 123 Å². The van der Waals surface area contributed by atoms with Gasteiger partial charge in [0.05, 0.1) is 11.8 Å². The Hall–Kier alpha value is -1.76. The van der Waals surface area contributed by atoms with Gasteiger partial charge < -0.3 is 0 Å². The maximum atomic E-state index is 12.9. The van der Waals surface area contributed by atoms with Gasteiger partial charge in [-0.3, -0.25) is 4.79 Å². The molecule has 0 aliphatic carbocycles. The molecule has 0 aromatic heterocycles. The normalized spacial score (nSPS) is 10.6. The van der Waals surface area contributed by atoms with E-state index in [4.69, 9.17) is 0 Å². The Morgan fingerprint density at radius 3 is 2.74 bits per heavy atom. The third-order valence-corrected chi connectivity index (χ3v) is 3.29. The predicted octanol–water partition coefficient (Wildman–Crippen LogP) is 3.19. The molecule has 0 fully saturated rings. The largest absolute Gasteiger partial charge is 0.272 e. The Bertz CT molecular complexity index is 628. The van der Waals surface area contributed by atoms with E-state index in [1.165, 1.54) is 18.3 Å². The Balaban J connectivity index is 2.03. The highest BCUT2D eigenvalue weighted by Crippen LogP contribution is 2.10. The van der Waals surface area contributed by atoms with Gasteiger partial charge in [0.1, 0.15) is 5.82 Å². The molecule has 5 heteroatoms. The summed E-state index contributed by atoms with van der Waals surface area (Å²) in [5.74, 6) is -0.634. The van der Waals surface area contributed by atoms with Crippen LogP contribution in [0.15, 0.2) is 53.6 Å². The first kappa shape index (κ1) is 13.7. The van der Waals surface area contributed by atoms with Gasteiger partial charge in [-0.05, 0) is 52.4 Å². The van der Waals surface area contributed by atoms with Crippen LogP contribution in [0.4, 0.5) is 4.39 Å². The molecule has 0 spiro atoms. The van der Waals surface area contributed by atoms with E-state index in [9.17, 15) is 9.18 Å². The molecule has 0 bridgehead atoms. The van der Waals surface area contributed by atoms with Gasteiger partial charge in [0.2, 0.25) is 0 Å². The van der Waals surface area contributed by atoms with Crippen molar-refractivity contribution in [2.45, 2.75) is 0 Å². The smallest absolute Gasteiger partial charge is 0.267 e. The number of halogens is 2. The molecule has 1 N–H and O–H groups in total. The van der Waals surface area contributed by atoms with Crippen LogP contribution in [0.25, 0.3) is 0 Å². The second-order valence-electron chi connectivity index (χ2n) is 3.73. The van der Waals surface area contributed by atoms with Gasteiger partial charge in [-0.25, -0.2) is 9.82 Å². The van der Waals surface area contributed by atoms with Crippen LogP contribution in [0.3, 0.4) is 0 Å². The Kier molecular flexibility index (Phi) is 4.62. The van der Waals surface area contributed by atoms with Crippen molar-refractivity contribution in [2.75, 3.05) is 0 Å². The zero-order valence-corrected chi connectivity index (χ0v) is 12.0. The van der Waals surface area contributed by atoms with E-state index in [1.54, 1.807) is 24.3 Å². The summed E-state index contributed by atoms with van der Waals surface area (Å²) in [6.07, 6.45) is 1.40. The highest BCUT2D eigenvalue weighted by Gasteiger charge is 2.07. The molecule has 0 heterocycles. The average Bonchev–Trinajstić information content (AvgIpc) is 2.39. The summed E-state index contributed by atoms with van der Waals surface area (Å²) < 4.78 is 13.8. The van der Waals surface area contributed by atoms with Crippen LogP contribution >= 0.6 is 22.6 Å². The molecule has 0 saturated heterocycles. The Morgan fingerprint density at radius 1 is 1.21 bits per heavy atom. The topological polar surface area (TPSA) is 41.5 Å². The highest BCUT2D eigenvalue weighted by atomic mass is 127. The summed E-state index contributed by atoms with van der Waals surface area (Å²) in [6.45, 7) is 0. The van der Waals surface area contributed by atoms with Crippen molar-refractivity contribution in [1.29, 1.82) is 0 Å². The van der Waals surface area contributed by atoms with Crippen LogP contribution in [-0.2, 0) is 0 Å². The maximum Gasteiger partial charge on any atom is 0.272 e. The summed E-state index contributed by atoms with van der Waals surface area (Å²) in [4.78, 5) is 11.8. The van der Waals surface area contributed by atoms with E-state index in [-0.39, 0.29) is 11.7 Å². The fourth-order valence-electron chi connectivity index (χ4n) is 1.46. The number of rotatable bonds is 3. The number of carbonyl (C=O) groups excluding carboxylic acids is 1. The molecule has 2 rings (SSSR count).